The number of aryl methyl sites for hydroxylation is 2. The van der Waals surface area contributed by atoms with E-state index < -0.39 is 0 Å². The number of nitrogens with one attached hydrogen (secondary N) is 2. The molecule has 1 aromatic rings. The van der Waals surface area contributed by atoms with Crippen molar-refractivity contribution in [2.75, 3.05) is 13.6 Å². The van der Waals surface area contributed by atoms with E-state index in [1.54, 1.807) is 0 Å². The molecule has 23 heavy (non-hydrogen) atoms. The van der Waals surface area contributed by atoms with Gasteiger partial charge in [0, 0.05) is 30.9 Å². The average Bonchev–Trinajstić information content (AvgIpc) is 3.26. The van der Waals surface area contributed by atoms with Gasteiger partial charge in [0.15, 0.2) is 5.96 Å². The normalized spacial score (nSPS) is 25.4. The van der Waals surface area contributed by atoms with Gasteiger partial charge >= 0.3 is 0 Å². The van der Waals surface area contributed by atoms with Gasteiger partial charge in [0.1, 0.15) is 0 Å². The minimum atomic E-state index is 0.647. The second kappa shape index (κ2) is 7.65. The highest BCUT2D eigenvalue weighted by atomic mass is 32.1. The molecule has 0 radical (unpaired) electrons. The zero-order chi connectivity index (χ0) is 16.2. The van der Waals surface area contributed by atoms with Gasteiger partial charge in [0.25, 0.3) is 0 Å². The molecule has 0 saturated heterocycles. The summed E-state index contributed by atoms with van der Waals surface area (Å²) < 4.78 is 0. The Hall–Kier alpha value is -1.10. The highest BCUT2D eigenvalue weighted by molar-refractivity contribution is 7.11. The summed E-state index contributed by atoms with van der Waals surface area (Å²) in [4.78, 5) is 10.3. The predicted octanol–water partition coefficient (Wildman–Crippen LogP) is 3.44. The molecule has 0 aliphatic heterocycles. The number of guanidine groups is 1. The molecule has 2 N–H and O–H groups in total. The fraction of sp³-hybridized carbons (Fsp3) is 0.778. The van der Waals surface area contributed by atoms with Crippen LogP contribution in [0.5, 0.6) is 0 Å². The second-order valence-electron chi connectivity index (χ2n) is 7.05. The molecule has 2 fully saturated rings. The quantitative estimate of drug-likeness (QED) is 0.640. The van der Waals surface area contributed by atoms with Gasteiger partial charge in [-0.1, -0.05) is 32.1 Å². The molecule has 2 saturated carbocycles. The Morgan fingerprint density at radius 2 is 2.04 bits per heavy atom. The molecule has 0 spiro atoms. The van der Waals surface area contributed by atoms with Gasteiger partial charge in [-0.3, -0.25) is 4.99 Å². The van der Waals surface area contributed by atoms with E-state index in [9.17, 15) is 0 Å². The van der Waals surface area contributed by atoms with Gasteiger partial charge in [-0.2, -0.15) is 0 Å². The summed E-state index contributed by atoms with van der Waals surface area (Å²) in [7, 11) is 1.87. The molecule has 1 aromatic heterocycles. The number of hydrogen-bond donors (Lipinski definition) is 2. The van der Waals surface area contributed by atoms with Crippen molar-refractivity contribution in [1.82, 2.24) is 15.6 Å². The van der Waals surface area contributed by atoms with Crippen molar-refractivity contribution in [1.29, 1.82) is 0 Å². The molecule has 2 aliphatic rings. The topological polar surface area (TPSA) is 49.3 Å². The third-order valence-electron chi connectivity index (χ3n) is 5.34. The molecule has 5 heteroatoms. The largest absolute Gasteiger partial charge is 0.356 e. The Labute approximate surface area is 144 Å². The fourth-order valence-corrected chi connectivity index (χ4v) is 4.70. The lowest BCUT2D eigenvalue weighted by Gasteiger charge is -2.22. The van der Waals surface area contributed by atoms with Crippen LogP contribution in [0.15, 0.2) is 4.99 Å². The molecule has 1 heterocycles. The standard InChI is InChI=1S/C18H30N4S/c1-12-13(2)23-17(21-12)9-10-20-18(19-3)22-16-11-15(16)14-7-5-4-6-8-14/h14-16H,4-11H2,1-3H3,(H2,19,20,22). The van der Waals surface area contributed by atoms with E-state index in [1.807, 2.05) is 18.4 Å². The monoisotopic (exact) mass is 334 g/mol. The summed E-state index contributed by atoms with van der Waals surface area (Å²) in [5, 5.41) is 8.28. The van der Waals surface area contributed by atoms with Crippen molar-refractivity contribution in [3.63, 3.8) is 0 Å². The van der Waals surface area contributed by atoms with Crippen molar-refractivity contribution in [3.8, 4) is 0 Å². The molecule has 128 valence electrons. The molecule has 2 atom stereocenters. The minimum absolute atomic E-state index is 0.647. The maximum absolute atomic E-state index is 4.60. The molecular formula is C18H30N4S. The summed E-state index contributed by atoms with van der Waals surface area (Å²) in [6.07, 6.45) is 9.50. The van der Waals surface area contributed by atoms with E-state index in [2.05, 4.69) is 34.5 Å². The van der Waals surface area contributed by atoms with E-state index in [0.29, 0.717) is 6.04 Å². The number of thiazole rings is 1. The van der Waals surface area contributed by atoms with Crippen LogP contribution in [-0.4, -0.2) is 30.6 Å². The first-order chi connectivity index (χ1) is 11.2. The van der Waals surface area contributed by atoms with Gasteiger partial charge in [-0.05, 0) is 32.1 Å². The van der Waals surface area contributed by atoms with Crippen LogP contribution in [-0.2, 0) is 6.42 Å². The number of rotatable bonds is 5. The molecule has 0 amide bonds. The lowest BCUT2D eigenvalue weighted by Crippen LogP contribution is -2.40. The average molecular weight is 335 g/mol. The first-order valence-electron chi connectivity index (χ1n) is 9.07. The van der Waals surface area contributed by atoms with Gasteiger partial charge in [-0.25, -0.2) is 4.98 Å². The summed E-state index contributed by atoms with van der Waals surface area (Å²) in [6.45, 7) is 5.12. The zero-order valence-electron chi connectivity index (χ0n) is 14.7. The molecule has 4 nitrogen and oxygen atoms in total. The molecular weight excluding hydrogens is 304 g/mol. The van der Waals surface area contributed by atoms with Crippen molar-refractivity contribution in [2.24, 2.45) is 16.8 Å². The van der Waals surface area contributed by atoms with E-state index in [-0.39, 0.29) is 0 Å². The summed E-state index contributed by atoms with van der Waals surface area (Å²) in [5.74, 6) is 2.80. The molecule has 3 rings (SSSR count). The zero-order valence-corrected chi connectivity index (χ0v) is 15.5. The highest BCUT2D eigenvalue weighted by Crippen LogP contribution is 2.44. The van der Waals surface area contributed by atoms with Crippen LogP contribution in [0, 0.1) is 25.7 Å². The highest BCUT2D eigenvalue weighted by Gasteiger charge is 2.43. The van der Waals surface area contributed by atoms with Crippen LogP contribution in [0.1, 0.15) is 54.1 Å². The maximum Gasteiger partial charge on any atom is 0.191 e. The SMILES string of the molecule is CN=C(NCCc1nc(C)c(C)s1)NC1CC1C1CCCCC1. The van der Waals surface area contributed by atoms with Gasteiger partial charge in [0.2, 0.25) is 0 Å². The van der Waals surface area contributed by atoms with Crippen molar-refractivity contribution < 1.29 is 0 Å². The third kappa shape index (κ3) is 4.46. The Morgan fingerprint density at radius 1 is 1.26 bits per heavy atom. The van der Waals surface area contributed by atoms with Crippen molar-refractivity contribution in [3.05, 3.63) is 15.6 Å². The van der Waals surface area contributed by atoms with E-state index in [0.717, 1.165) is 30.8 Å². The molecule has 2 unspecified atom stereocenters. The Kier molecular flexibility index (Phi) is 5.57. The van der Waals surface area contributed by atoms with Crippen LogP contribution < -0.4 is 10.6 Å². The molecule has 0 bridgehead atoms. The Bertz CT molecular complexity index is 526. The van der Waals surface area contributed by atoms with Crippen LogP contribution in [0.25, 0.3) is 0 Å². The van der Waals surface area contributed by atoms with Gasteiger partial charge < -0.3 is 10.6 Å². The van der Waals surface area contributed by atoms with Crippen LogP contribution >= 0.6 is 11.3 Å². The summed E-state index contributed by atoms with van der Waals surface area (Å²) >= 11 is 1.81. The first kappa shape index (κ1) is 16.7. The lowest BCUT2D eigenvalue weighted by atomic mass is 9.85. The number of hydrogen-bond acceptors (Lipinski definition) is 3. The third-order valence-corrected chi connectivity index (χ3v) is 6.48. The fourth-order valence-electron chi connectivity index (χ4n) is 3.77. The summed E-state index contributed by atoms with van der Waals surface area (Å²) in [5.41, 5.74) is 1.17. The predicted molar refractivity (Wildman–Crippen MR) is 98.3 cm³/mol. The smallest absolute Gasteiger partial charge is 0.191 e. The van der Waals surface area contributed by atoms with Crippen molar-refractivity contribution in [2.45, 2.75) is 64.8 Å². The molecule has 2 aliphatic carbocycles. The van der Waals surface area contributed by atoms with Gasteiger partial charge in [0.05, 0.1) is 10.7 Å². The van der Waals surface area contributed by atoms with Crippen molar-refractivity contribution >= 4 is 17.3 Å². The van der Waals surface area contributed by atoms with E-state index in [4.69, 9.17) is 0 Å². The van der Waals surface area contributed by atoms with E-state index >= 15 is 0 Å². The molecule has 0 aromatic carbocycles. The Balaban J connectivity index is 1.39. The Morgan fingerprint density at radius 3 is 2.70 bits per heavy atom. The van der Waals surface area contributed by atoms with Gasteiger partial charge in [-0.15, -0.1) is 11.3 Å². The van der Waals surface area contributed by atoms with E-state index in [1.165, 1.54) is 54.1 Å². The van der Waals surface area contributed by atoms with Crippen LogP contribution in [0.3, 0.4) is 0 Å². The van der Waals surface area contributed by atoms with Crippen LogP contribution in [0.4, 0.5) is 0 Å². The minimum Gasteiger partial charge on any atom is -0.356 e. The number of aromatic nitrogens is 1. The number of aliphatic imine (C=N–C) groups is 1. The lowest BCUT2D eigenvalue weighted by molar-refractivity contribution is 0.315. The number of nitrogens with zero attached hydrogens (tertiary/aromatic N) is 2. The summed E-state index contributed by atoms with van der Waals surface area (Å²) in [6, 6.07) is 0.647. The first-order valence-corrected chi connectivity index (χ1v) is 9.89. The van der Waals surface area contributed by atoms with Crippen LogP contribution in [0.2, 0.25) is 0 Å². The maximum atomic E-state index is 4.60. The second-order valence-corrected chi connectivity index (χ2v) is 8.33.